The number of nitrogens with zero attached hydrogens (tertiary/aromatic N) is 3. The van der Waals surface area contributed by atoms with Gasteiger partial charge in [0.05, 0.1) is 12.8 Å². The molecule has 1 spiro atoms. The zero-order chi connectivity index (χ0) is 18.0. The molecular weight excluding hydrogens is 314 g/mol. The zero-order valence-corrected chi connectivity index (χ0v) is 15.3. The fraction of sp³-hybridized carbons (Fsp3) is 0.550. The van der Waals surface area contributed by atoms with E-state index in [2.05, 4.69) is 16.0 Å². The molecule has 1 aromatic rings. The first-order valence-electron chi connectivity index (χ1n) is 8.91. The standard InChI is InChI=1S/C20H25N3O2/c1-14-13-22-18(25-3)11-16(14)19(17(12-21)15(2)24)23-9-7-20(8-10-23)5-4-6-20/h11,13H,4-10H2,1-3H3/b19-17+. The van der Waals surface area contributed by atoms with Crippen molar-refractivity contribution in [2.24, 2.45) is 5.41 Å². The van der Waals surface area contributed by atoms with Crippen LogP contribution < -0.4 is 4.74 Å². The molecule has 5 nitrogen and oxygen atoms in total. The Bertz CT molecular complexity index is 747. The van der Waals surface area contributed by atoms with Crippen molar-refractivity contribution in [3.05, 3.63) is 29.0 Å². The fourth-order valence-corrected chi connectivity index (χ4v) is 4.01. The molecule has 3 rings (SSSR count). The van der Waals surface area contributed by atoms with Crippen LogP contribution in [0.5, 0.6) is 5.88 Å². The molecule has 1 aliphatic carbocycles. The highest BCUT2D eigenvalue weighted by molar-refractivity contribution is 6.04. The van der Waals surface area contributed by atoms with Gasteiger partial charge in [-0.3, -0.25) is 4.79 Å². The van der Waals surface area contributed by atoms with E-state index < -0.39 is 0 Å². The number of hydrogen-bond acceptors (Lipinski definition) is 5. The van der Waals surface area contributed by atoms with Crippen molar-refractivity contribution >= 4 is 11.5 Å². The molecule has 2 aliphatic rings. The number of carbonyl (C=O) groups excluding carboxylic acids is 1. The molecule has 0 radical (unpaired) electrons. The number of methoxy groups -OCH3 is 1. The van der Waals surface area contributed by atoms with Crippen LogP contribution in [0.3, 0.4) is 0 Å². The van der Waals surface area contributed by atoms with Gasteiger partial charge in [0, 0.05) is 30.9 Å². The lowest BCUT2D eigenvalue weighted by Crippen LogP contribution is -2.43. The summed E-state index contributed by atoms with van der Waals surface area (Å²) < 4.78 is 5.26. The molecule has 5 heteroatoms. The maximum Gasteiger partial charge on any atom is 0.213 e. The lowest BCUT2D eigenvalue weighted by Gasteiger charge is -2.49. The average molecular weight is 339 g/mol. The van der Waals surface area contributed by atoms with Crippen molar-refractivity contribution in [2.45, 2.75) is 46.0 Å². The minimum absolute atomic E-state index is 0.198. The number of ether oxygens (including phenoxy) is 1. The molecule has 0 atom stereocenters. The third-order valence-electron chi connectivity index (χ3n) is 5.80. The van der Waals surface area contributed by atoms with Gasteiger partial charge >= 0.3 is 0 Å². The topological polar surface area (TPSA) is 66.2 Å². The summed E-state index contributed by atoms with van der Waals surface area (Å²) in [4.78, 5) is 18.6. The number of aromatic nitrogens is 1. The van der Waals surface area contributed by atoms with Crippen LogP contribution in [-0.2, 0) is 4.79 Å². The Hall–Kier alpha value is -2.35. The molecule has 132 valence electrons. The molecule has 0 bridgehead atoms. The van der Waals surface area contributed by atoms with Gasteiger partial charge in [0.25, 0.3) is 0 Å². The Morgan fingerprint density at radius 2 is 2.00 bits per heavy atom. The first kappa shape index (κ1) is 17.5. The number of ketones is 1. The Kier molecular flexibility index (Phi) is 4.80. The summed E-state index contributed by atoms with van der Waals surface area (Å²) in [5.41, 5.74) is 3.27. The summed E-state index contributed by atoms with van der Waals surface area (Å²) in [5, 5.41) is 9.63. The minimum Gasteiger partial charge on any atom is -0.481 e. The Morgan fingerprint density at radius 3 is 2.48 bits per heavy atom. The first-order valence-corrected chi connectivity index (χ1v) is 8.91. The van der Waals surface area contributed by atoms with Gasteiger partial charge in [0.15, 0.2) is 5.78 Å². The summed E-state index contributed by atoms with van der Waals surface area (Å²) in [6.45, 7) is 5.19. The lowest BCUT2D eigenvalue weighted by molar-refractivity contribution is -0.113. The minimum atomic E-state index is -0.198. The van der Waals surface area contributed by atoms with E-state index in [1.807, 2.05) is 13.0 Å². The lowest BCUT2D eigenvalue weighted by atomic mass is 9.63. The Balaban J connectivity index is 2.03. The van der Waals surface area contributed by atoms with E-state index in [1.54, 1.807) is 13.3 Å². The summed E-state index contributed by atoms with van der Waals surface area (Å²) in [6.07, 6.45) is 7.98. The van der Waals surface area contributed by atoms with E-state index in [-0.39, 0.29) is 11.4 Å². The van der Waals surface area contributed by atoms with Crippen molar-refractivity contribution in [1.82, 2.24) is 9.88 Å². The van der Waals surface area contributed by atoms with E-state index >= 15 is 0 Å². The predicted octanol–water partition coefficient (Wildman–Crippen LogP) is 3.49. The normalized spacial score (nSPS) is 19.7. The number of aryl methyl sites for hydroxylation is 1. The molecule has 0 aromatic carbocycles. The zero-order valence-electron chi connectivity index (χ0n) is 15.3. The second-order valence-electron chi connectivity index (χ2n) is 7.27. The van der Waals surface area contributed by atoms with Crippen molar-refractivity contribution < 1.29 is 9.53 Å². The molecule has 1 aliphatic heterocycles. The van der Waals surface area contributed by atoms with Crippen LogP contribution in [0.25, 0.3) is 5.70 Å². The molecule has 2 fully saturated rings. The Labute approximate surface area is 149 Å². The second kappa shape index (κ2) is 6.87. The van der Waals surface area contributed by atoms with Crippen LogP contribution in [0.15, 0.2) is 17.8 Å². The summed E-state index contributed by atoms with van der Waals surface area (Å²) in [7, 11) is 1.57. The quantitative estimate of drug-likeness (QED) is 0.620. The van der Waals surface area contributed by atoms with Crippen molar-refractivity contribution in [3.63, 3.8) is 0 Å². The van der Waals surface area contributed by atoms with Gasteiger partial charge in [0.1, 0.15) is 11.6 Å². The highest BCUT2D eigenvalue weighted by atomic mass is 16.5. The number of Topliss-reactive ketones (excluding diaryl/α,β-unsaturated/α-hetero) is 1. The van der Waals surface area contributed by atoms with Crippen LogP contribution >= 0.6 is 0 Å². The summed E-state index contributed by atoms with van der Waals surface area (Å²) in [6, 6.07) is 3.97. The predicted molar refractivity (Wildman–Crippen MR) is 95.8 cm³/mol. The first-order chi connectivity index (χ1) is 12.0. The monoisotopic (exact) mass is 339 g/mol. The van der Waals surface area contributed by atoms with Gasteiger partial charge in [-0.05, 0) is 50.5 Å². The number of nitriles is 1. The highest BCUT2D eigenvalue weighted by Gasteiger charge is 2.40. The van der Waals surface area contributed by atoms with Crippen molar-refractivity contribution in [2.75, 3.05) is 20.2 Å². The molecule has 0 amide bonds. The van der Waals surface area contributed by atoms with Crippen LogP contribution in [0, 0.1) is 23.7 Å². The molecule has 1 saturated heterocycles. The molecule has 0 unspecified atom stereocenters. The summed E-state index contributed by atoms with van der Waals surface area (Å²) in [5.74, 6) is 0.294. The van der Waals surface area contributed by atoms with Gasteiger partial charge in [0.2, 0.25) is 5.88 Å². The van der Waals surface area contributed by atoms with Crippen molar-refractivity contribution in [1.29, 1.82) is 5.26 Å². The number of rotatable bonds is 4. The van der Waals surface area contributed by atoms with Crippen LogP contribution in [0.4, 0.5) is 0 Å². The maximum atomic E-state index is 12.1. The maximum absolute atomic E-state index is 12.1. The van der Waals surface area contributed by atoms with E-state index in [0.717, 1.165) is 42.8 Å². The van der Waals surface area contributed by atoms with Gasteiger partial charge in [-0.1, -0.05) is 6.42 Å². The van der Waals surface area contributed by atoms with Crippen LogP contribution in [0.2, 0.25) is 0 Å². The number of likely N-dealkylation sites (tertiary alicyclic amines) is 1. The largest absolute Gasteiger partial charge is 0.481 e. The summed E-state index contributed by atoms with van der Waals surface area (Å²) >= 11 is 0. The third kappa shape index (κ3) is 3.26. The molecular formula is C20H25N3O2. The molecule has 25 heavy (non-hydrogen) atoms. The van der Waals surface area contributed by atoms with E-state index in [4.69, 9.17) is 4.74 Å². The highest BCUT2D eigenvalue weighted by Crippen LogP contribution is 2.50. The van der Waals surface area contributed by atoms with Crippen molar-refractivity contribution in [3.8, 4) is 11.9 Å². The van der Waals surface area contributed by atoms with E-state index in [9.17, 15) is 10.1 Å². The number of piperidine rings is 1. The van der Waals surface area contributed by atoms with E-state index in [1.165, 1.54) is 26.2 Å². The van der Waals surface area contributed by atoms with Crippen LogP contribution in [-0.4, -0.2) is 35.9 Å². The molecule has 2 heterocycles. The smallest absolute Gasteiger partial charge is 0.213 e. The molecule has 1 saturated carbocycles. The molecule has 1 aromatic heterocycles. The number of hydrogen-bond donors (Lipinski definition) is 0. The number of pyridine rings is 1. The number of carbonyl (C=O) groups is 1. The second-order valence-corrected chi connectivity index (χ2v) is 7.27. The van der Waals surface area contributed by atoms with Gasteiger partial charge in [-0.25, -0.2) is 4.98 Å². The SMILES string of the molecule is COc1cc(/C(=C(/C#N)C(C)=O)N2CCC3(CCC3)CC2)c(C)cn1. The average Bonchev–Trinajstić information content (AvgIpc) is 2.59. The van der Waals surface area contributed by atoms with Crippen LogP contribution in [0.1, 0.15) is 50.2 Å². The molecule has 0 N–H and O–H groups in total. The van der Waals surface area contributed by atoms with Gasteiger partial charge < -0.3 is 9.64 Å². The third-order valence-corrected chi connectivity index (χ3v) is 5.80. The fourth-order valence-electron chi connectivity index (χ4n) is 4.01. The Morgan fingerprint density at radius 1 is 1.32 bits per heavy atom. The number of allylic oxidation sites excluding steroid dienone is 1. The van der Waals surface area contributed by atoms with E-state index in [0.29, 0.717) is 11.3 Å². The van der Waals surface area contributed by atoms with Gasteiger partial charge in [-0.15, -0.1) is 0 Å². The van der Waals surface area contributed by atoms with Gasteiger partial charge in [-0.2, -0.15) is 5.26 Å².